The van der Waals surface area contributed by atoms with Crippen LogP contribution in [0, 0.1) is 0 Å². The van der Waals surface area contributed by atoms with Crippen LogP contribution in [0.2, 0.25) is 0 Å². The number of halogens is 1. The fraction of sp³-hybridized carbons (Fsp3) is 0.385. The Hall–Kier alpha value is -0.580. The lowest BCUT2D eigenvalue weighted by atomic mass is 10.2. The third-order valence-electron chi connectivity index (χ3n) is 2.92. The maximum absolute atomic E-state index is 5.95. The van der Waals surface area contributed by atoms with Crippen LogP contribution < -0.4 is 4.74 Å². The van der Waals surface area contributed by atoms with Gasteiger partial charge in [-0.1, -0.05) is 15.9 Å². The number of hydrogen-bond acceptors (Lipinski definition) is 3. The first-order chi connectivity index (χ1) is 8.34. The Bertz CT molecular complexity index is 517. The Morgan fingerprint density at radius 1 is 1.29 bits per heavy atom. The molecule has 0 bridgehead atoms. The van der Waals surface area contributed by atoms with Crippen molar-refractivity contribution in [2.24, 2.45) is 0 Å². The van der Waals surface area contributed by atoms with Gasteiger partial charge in [-0.3, -0.25) is 0 Å². The summed E-state index contributed by atoms with van der Waals surface area (Å²) in [6.45, 7) is 0.814. The van der Waals surface area contributed by atoms with Crippen LogP contribution in [-0.4, -0.2) is 12.9 Å². The van der Waals surface area contributed by atoms with Crippen LogP contribution in [0.15, 0.2) is 28.1 Å². The smallest absolute Gasteiger partial charge is 0.199 e. The van der Waals surface area contributed by atoms with E-state index in [1.54, 1.807) is 11.3 Å². The van der Waals surface area contributed by atoms with E-state index in [9.17, 15) is 0 Å². The van der Waals surface area contributed by atoms with E-state index in [1.165, 1.54) is 16.5 Å². The molecule has 90 valence electrons. The maximum atomic E-state index is 5.95. The minimum atomic E-state index is -0.0739. The van der Waals surface area contributed by atoms with Gasteiger partial charge in [-0.05, 0) is 36.4 Å². The fourth-order valence-corrected chi connectivity index (χ4v) is 3.51. The predicted molar refractivity (Wildman–Crippen MR) is 73.7 cm³/mol. The number of benzene rings is 1. The summed E-state index contributed by atoms with van der Waals surface area (Å²) >= 11 is 5.26. The summed E-state index contributed by atoms with van der Waals surface area (Å²) in [7, 11) is 0. The summed E-state index contributed by atoms with van der Waals surface area (Å²) in [6, 6.07) is 6.16. The van der Waals surface area contributed by atoms with Gasteiger partial charge in [-0.2, -0.15) is 0 Å². The van der Waals surface area contributed by atoms with Gasteiger partial charge in [-0.25, -0.2) is 0 Å². The molecule has 0 spiro atoms. The molecular weight excluding hydrogens is 300 g/mol. The van der Waals surface area contributed by atoms with Gasteiger partial charge in [0.1, 0.15) is 5.75 Å². The monoisotopic (exact) mass is 312 g/mol. The molecule has 3 rings (SSSR count). The molecule has 1 aliphatic rings. The number of hydrogen-bond donors (Lipinski definition) is 0. The zero-order chi connectivity index (χ0) is 11.7. The van der Waals surface area contributed by atoms with Gasteiger partial charge >= 0.3 is 0 Å². The Kier molecular flexibility index (Phi) is 3.36. The molecule has 4 heteroatoms. The van der Waals surface area contributed by atoms with Gasteiger partial charge in [0.2, 0.25) is 0 Å². The zero-order valence-corrected chi connectivity index (χ0v) is 11.7. The normalized spacial score (nSPS) is 20.6. The number of fused-ring (bicyclic) bond motifs is 1. The lowest BCUT2D eigenvalue weighted by Gasteiger charge is -2.23. The van der Waals surface area contributed by atoms with Crippen molar-refractivity contribution in [2.45, 2.75) is 25.6 Å². The number of ether oxygens (including phenoxy) is 2. The first-order valence-electron chi connectivity index (χ1n) is 5.78. The average Bonchev–Trinajstić information content (AvgIpc) is 2.84. The summed E-state index contributed by atoms with van der Waals surface area (Å²) in [4.78, 5) is 0. The van der Waals surface area contributed by atoms with Crippen molar-refractivity contribution in [3.63, 3.8) is 0 Å². The molecule has 1 saturated heterocycles. The Morgan fingerprint density at radius 2 is 2.24 bits per heavy atom. The molecular formula is C13H13BrO2S. The van der Waals surface area contributed by atoms with Gasteiger partial charge in [0.25, 0.3) is 0 Å². The van der Waals surface area contributed by atoms with E-state index >= 15 is 0 Å². The van der Waals surface area contributed by atoms with Gasteiger partial charge in [-0.15, -0.1) is 11.3 Å². The predicted octanol–water partition coefficient (Wildman–Crippen LogP) is 4.57. The first kappa shape index (κ1) is 11.5. The van der Waals surface area contributed by atoms with Crippen molar-refractivity contribution in [1.29, 1.82) is 0 Å². The summed E-state index contributed by atoms with van der Waals surface area (Å²) in [5, 5.41) is 3.30. The zero-order valence-electron chi connectivity index (χ0n) is 9.32. The van der Waals surface area contributed by atoms with E-state index in [4.69, 9.17) is 9.47 Å². The lowest BCUT2D eigenvalue weighted by molar-refractivity contribution is -0.105. The van der Waals surface area contributed by atoms with Crippen LogP contribution in [0.3, 0.4) is 0 Å². The van der Waals surface area contributed by atoms with Gasteiger partial charge in [0.15, 0.2) is 6.29 Å². The highest BCUT2D eigenvalue weighted by molar-refractivity contribution is 9.10. The molecule has 0 N–H and O–H groups in total. The second-order valence-electron chi connectivity index (χ2n) is 4.12. The van der Waals surface area contributed by atoms with E-state index in [1.807, 2.05) is 12.1 Å². The molecule has 0 saturated carbocycles. The highest BCUT2D eigenvalue weighted by Crippen LogP contribution is 2.36. The fourth-order valence-electron chi connectivity index (χ4n) is 2.04. The molecule has 2 heterocycles. The van der Waals surface area contributed by atoms with Crippen molar-refractivity contribution in [3.8, 4) is 5.75 Å². The minimum Gasteiger partial charge on any atom is -0.463 e. The Morgan fingerprint density at radius 3 is 3.06 bits per heavy atom. The van der Waals surface area contributed by atoms with E-state index < -0.39 is 0 Å². The lowest BCUT2D eigenvalue weighted by Crippen LogP contribution is -2.24. The van der Waals surface area contributed by atoms with Gasteiger partial charge in [0.05, 0.1) is 11.3 Å². The Balaban J connectivity index is 1.89. The SMILES string of the molecule is Brc1ccc(OC2CCCCO2)c2sccc12. The van der Waals surface area contributed by atoms with Crippen molar-refractivity contribution in [2.75, 3.05) is 6.61 Å². The van der Waals surface area contributed by atoms with Gasteiger partial charge < -0.3 is 9.47 Å². The van der Waals surface area contributed by atoms with Crippen LogP contribution >= 0.6 is 27.3 Å². The van der Waals surface area contributed by atoms with Crippen LogP contribution in [0.25, 0.3) is 10.1 Å². The van der Waals surface area contributed by atoms with E-state index in [0.29, 0.717) is 0 Å². The third kappa shape index (κ3) is 2.34. The second-order valence-corrected chi connectivity index (χ2v) is 5.89. The summed E-state index contributed by atoms with van der Waals surface area (Å²) in [5.74, 6) is 0.935. The first-order valence-corrected chi connectivity index (χ1v) is 7.46. The minimum absolute atomic E-state index is 0.0739. The standard InChI is InChI=1S/C13H13BrO2S/c14-10-4-5-11(13-9(10)6-8-17-13)16-12-3-1-2-7-15-12/h4-6,8,12H,1-3,7H2. The summed E-state index contributed by atoms with van der Waals surface area (Å²) < 4.78 is 13.9. The summed E-state index contributed by atoms with van der Waals surface area (Å²) in [6.07, 6.45) is 3.25. The highest BCUT2D eigenvalue weighted by Gasteiger charge is 2.17. The molecule has 17 heavy (non-hydrogen) atoms. The van der Waals surface area contributed by atoms with Crippen molar-refractivity contribution in [3.05, 3.63) is 28.1 Å². The maximum Gasteiger partial charge on any atom is 0.199 e. The molecule has 2 nitrogen and oxygen atoms in total. The van der Waals surface area contributed by atoms with Crippen molar-refractivity contribution in [1.82, 2.24) is 0 Å². The number of thiophene rings is 1. The average molecular weight is 313 g/mol. The molecule has 1 aliphatic heterocycles. The molecule has 1 aromatic carbocycles. The number of rotatable bonds is 2. The molecule has 1 unspecified atom stereocenters. The van der Waals surface area contributed by atoms with E-state index in [2.05, 4.69) is 27.4 Å². The van der Waals surface area contributed by atoms with Crippen LogP contribution in [-0.2, 0) is 4.74 Å². The second kappa shape index (κ2) is 4.96. The third-order valence-corrected chi connectivity index (χ3v) is 4.54. The molecule has 0 amide bonds. The molecule has 1 atom stereocenters. The van der Waals surface area contributed by atoms with E-state index in [-0.39, 0.29) is 6.29 Å². The van der Waals surface area contributed by atoms with Crippen LogP contribution in [0.4, 0.5) is 0 Å². The highest BCUT2D eigenvalue weighted by atomic mass is 79.9. The van der Waals surface area contributed by atoms with Crippen LogP contribution in [0.5, 0.6) is 5.75 Å². The van der Waals surface area contributed by atoms with Gasteiger partial charge in [0, 0.05) is 16.3 Å². The largest absolute Gasteiger partial charge is 0.463 e. The van der Waals surface area contributed by atoms with Crippen molar-refractivity contribution >= 4 is 37.4 Å². The Labute approximate surface area is 113 Å². The molecule has 2 aromatic rings. The van der Waals surface area contributed by atoms with E-state index in [0.717, 1.165) is 29.7 Å². The molecule has 1 fully saturated rings. The van der Waals surface area contributed by atoms with Crippen LogP contribution in [0.1, 0.15) is 19.3 Å². The quantitative estimate of drug-likeness (QED) is 0.808. The molecule has 0 radical (unpaired) electrons. The molecule has 0 aliphatic carbocycles. The van der Waals surface area contributed by atoms with Crippen molar-refractivity contribution < 1.29 is 9.47 Å². The summed E-state index contributed by atoms with van der Waals surface area (Å²) in [5.41, 5.74) is 0. The topological polar surface area (TPSA) is 18.5 Å². The molecule has 1 aromatic heterocycles.